The Labute approximate surface area is 164 Å². The molecule has 0 spiro atoms. The molecule has 1 aliphatic heterocycles. The number of hydrogen-bond acceptors (Lipinski definition) is 5. The van der Waals surface area contributed by atoms with Crippen LogP contribution in [0.15, 0.2) is 42.7 Å². The molecule has 1 atom stereocenters. The van der Waals surface area contributed by atoms with Crippen molar-refractivity contribution in [1.82, 2.24) is 14.9 Å². The standard InChI is InChI=1S/C22H25FN4O/c1-15(13-27-9-3-4-10-27)26-22-19-11-17(16-5-7-18(23)8-6-16)12-20(28-2)21(19)24-14-25-22/h5-8,11-12,14-15H,3-4,9-10,13H2,1-2H3,(H,24,25,26)/t15-/m0/s1. The van der Waals surface area contributed by atoms with Crippen molar-refractivity contribution >= 4 is 16.7 Å². The minimum atomic E-state index is -0.252. The Morgan fingerprint density at radius 3 is 2.57 bits per heavy atom. The summed E-state index contributed by atoms with van der Waals surface area (Å²) in [7, 11) is 1.63. The van der Waals surface area contributed by atoms with Gasteiger partial charge in [0.25, 0.3) is 0 Å². The number of likely N-dealkylation sites (tertiary alicyclic amines) is 1. The van der Waals surface area contributed by atoms with Gasteiger partial charge >= 0.3 is 0 Å². The van der Waals surface area contributed by atoms with E-state index in [1.807, 2.05) is 12.1 Å². The molecule has 0 saturated carbocycles. The van der Waals surface area contributed by atoms with E-state index in [-0.39, 0.29) is 11.9 Å². The molecule has 0 amide bonds. The number of methoxy groups -OCH3 is 1. The Bertz CT molecular complexity index is 955. The molecule has 146 valence electrons. The van der Waals surface area contributed by atoms with Gasteiger partial charge in [0.2, 0.25) is 0 Å². The first-order valence-corrected chi connectivity index (χ1v) is 9.71. The second-order valence-corrected chi connectivity index (χ2v) is 7.36. The molecule has 28 heavy (non-hydrogen) atoms. The second kappa shape index (κ2) is 8.10. The fraction of sp³-hybridized carbons (Fsp3) is 0.364. The molecule has 1 N–H and O–H groups in total. The van der Waals surface area contributed by atoms with Crippen LogP contribution in [0.2, 0.25) is 0 Å². The molecule has 6 heteroatoms. The molecule has 2 heterocycles. The largest absolute Gasteiger partial charge is 0.494 e. The summed E-state index contributed by atoms with van der Waals surface area (Å²) >= 11 is 0. The maximum Gasteiger partial charge on any atom is 0.145 e. The van der Waals surface area contributed by atoms with E-state index in [2.05, 4.69) is 27.1 Å². The molecule has 3 aromatic rings. The van der Waals surface area contributed by atoms with E-state index in [9.17, 15) is 4.39 Å². The fourth-order valence-electron chi connectivity index (χ4n) is 3.85. The Hall–Kier alpha value is -2.73. The summed E-state index contributed by atoms with van der Waals surface area (Å²) in [5.41, 5.74) is 2.62. The van der Waals surface area contributed by atoms with Crippen molar-refractivity contribution in [3.05, 3.63) is 48.5 Å². The summed E-state index contributed by atoms with van der Waals surface area (Å²) < 4.78 is 18.9. The van der Waals surface area contributed by atoms with Gasteiger partial charge in [-0.15, -0.1) is 0 Å². The smallest absolute Gasteiger partial charge is 0.145 e. The average molecular weight is 380 g/mol. The summed E-state index contributed by atoms with van der Waals surface area (Å²) in [5, 5.41) is 4.44. The predicted molar refractivity (Wildman–Crippen MR) is 110 cm³/mol. The van der Waals surface area contributed by atoms with Gasteiger partial charge in [-0.3, -0.25) is 0 Å². The van der Waals surface area contributed by atoms with Crippen LogP contribution < -0.4 is 10.1 Å². The molecule has 0 bridgehead atoms. The van der Waals surface area contributed by atoms with Gasteiger partial charge in [0.15, 0.2) is 0 Å². The number of nitrogens with one attached hydrogen (secondary N) is 1. The Morgan fingerprint density at radius 2 is 1.86 bits per heavy atom. The highest BCUT2D eigenvalue weighted by Gasteiger charge is 2.17. The first kappa shape index (κ1) is 18.6. The van der Waals surface area contributed by atoms with Crippen molar-refractivity contribution in [2.24, 2.45) is 0 Å². The summed E-state index contributed by atoms with van der Waals surface area (Å²) in [6, 6.07) is 10.7. The molecule has 1 aliphatic rings. The van der Waals surface area contributed by atoms with Gasteiger partial charge in [0.05, 0.1) is 7.11 Å². The molecule has 0 radical (unpaired) electrons. The molecule has 0 unspecified atom stereocenters. The molecular weight excluding hydrogens is 355 g/mol. The number of rotatable bonds is 6. The highest BCUT2D eigenvalue weighted by Crippen LogP contribution is 2.34. The van der Waals surface area contributed by atoms with Gasteiger partial charge < -0.3 is 15.0 Å². The van der Waals surface area contributed by atoms with Gasteiger partial charge in [-0.2, -0.15) is 0 Å². The lowest BCUT2D eigenvalue weighted by Gasteiger charge is -2.22. The zero-order valence-electron chi connectivity index (χ0n) is 16.3. The number of fused-ring (bicyclic) bond motifs is 1. The van der Waals surface area contributed by atoms with Crippen LogP contribution in [-0.4, -0.2) is 47.7 Å². The van der Waals surface area contributed by atoms with E-state index >= 15 is 0 Å². The van der Waals surface area contributed by atoms with Crippen LogP contribution in [0.5, 0.6) is 5.75 Å². The molecule has 1 fully saturated rings. The van der Waals surface area contributed by atoms with Crippen LogP contribution in [0.1, 0.15) is 19.8 Å². The highest BCUT2D eigenvalue weighted by molar-refractivity contribution is 5.96. The van der Waals surface area contributed by atoms with Gasteiger partial charge in [-0.1, -0.05) is 12.1 Å². The van der Waals surface area contributed by atoms with Crippen molar-refractivity contribution in [1.29, 1.82) is 0 Å². The molecule has 4 rings (SSSR count). The molecular formula is C22H25FN4O. The van der Waals surface area contributed by atoms with Crippen molar-refractivity contribution in [3.63, 3.8) is 0 Å². The maximum atomic E-state index is 13.3. The Balaban J connectivity index is 1.70. The number of hydrogen-bond donors (Lipinski definition) is 1. The van der Waals surface area contributed by atoms with Gasteiger partial charge in [0, 0.05) is 18.0 Å². The van der Waals surface area contributed by atoms with E-state index < -0.39 is 0 Å². The molecule has 5 nitrogen and oxygen atoms in total. The Kier molecular flexibility index (Phi) is 5.39. The van der Waals surface area contributed by atoms with Crippen molar-refractivity contribution in [3.8, 4) is 16.9 Å². The van der Waals surface area contributed by atoms with Crippen LogP contribution in [0, 0.1) is 5.82 Å². The van der Waals surface area contributed by atoms with Crippen molar-refractivity contribution in [2.75, 3.05) is 32.1 Å². The normalized spacial score (nSPS) is 15.7. The van der Waals surface area contributed by atoms with Crippen molar-refractivity contribution in [2.45, 2.75) is 25.8 Å². The first-order chi connectivity index (χ1) is 13.6. The topological polar surface area (TPSA) is 50.3 Å². The van der Waals surface area contributed by atoms with E-state index in [1.165, 1.54) is 38.1 Å². The monoisotopic (exact) mass is 380 g/mol. The minimum Gasteiger partial charge on any atom is -0.494 e. The Morgan fingerprint density at radius 1 is 1.11 bits per heavy atom. The molecule has 1 aromatic heterocycles. The third-order valence-electron chi connectivity index (χ3n) is 5.22. The number of aromatic nitrogens is 2. The second-order valence-electron chi connectivity index (χ2n) is 7.36. The third kappa shape index (κ3) is 3.92. The van der Waals surface area contributed by atoms with E-state index in [0.717, 1.165) is 34.4 Å². The summed E-state index contributed by atoms with van der Waals surface area (Å²) in [6.45, 7) is 5.49. The zero-order chi connectivity index (χ0) is 19.5. The van der Waals surface area contributed by atoms with Gasteiger partial charge in [0.1, 0.15) is 29.2 Å². The summed E-state index contributed by atoms with van der Waals surface area (Å²) in [4.78, 5) is 11.4. The number of ether oxygens (including phenoxy) is 1. The molecule has 2 aromatic carbocycles. The zero-order valence-corrected chi connectivity index (χ0v) is 16.3. The van der Waals surface area contributed by atoms with Crippen molar-refractivity contribution < 1.29 is 9.13 Å². The van der Waals surface area contributed by atoms with Crippen LogP contribution >= 0.6 is 0 Å². The number of anilines is 1. The first-order valence-electron chi connectivity index (χ1n) is 9.71. The van der Waals surface area contributed by atoms with Gasteiger partial charge in [-0.25, -0.2) is 14.4 Å². The predicted octanol–water partition coefficient (Wildman–Crippen LogP) is 4.34. The fourth-order valence-corrected chi connectivity index (χ4v) is 3.85. The summed E-state index contributed by atoms with van der Waals surface area (Å²) in [6.07, 6.45) is 4.12. The van der Waals surface area contributed by atoms with Gasteiger partial charge in [-0.05, 0) is 68.2 Å². The maximum absolute atomic E-state index is 13.3. The van der Waals surface area contributed by atoms with Crippen LogP contribution in [0.4, 0.5) is 10.2 Å². The lowest BCUT2D eigenvalue weighted by molar-refractivity contribution is 0.327. The number of nitrogens with zero attached hydrogens (tertiary/aromatic N) is 3. The average Bonchev–Trinajstić information content (AvgIpc) is 3.21. The lowest BCUT2D eigenvalue weighted by atomic mass is 10.0. The van der Waals surface area contributed by atoms with E-state index in [0.29, 0.717) is 5.75 Å². The lowest BCUT2D eigenvalue weighted by Crippen LogP contribution is -2.33. The third-order valence-corrected chi connectivity index (χ3v) is 5.22. The van der Waals surface area contributed by atoms with Crippen LogP contribution in [0.25, 0.3) is 22.0 Å². The summed E-state index contributed by atoms with van der Waals surface area (Å²) in [5.74, 6) is 1.21. The highest BCUT2D eigenvalue weighted by atomic mass is 19.1. The SMILES string of the molecule is COc1cc(-c2ccc(F)cc2)cc2c(N[C@@H](C)CN3CCCC3)ncnc12. The molecule has 0 aliphatic carbocycles. The van der Waals surface area contributed by atoms with Crippen LogP contribution in [0.3, 0.4) is 0 Å². The number of benzene rings is 2. The van der Waals surface area contributed by atoms with Crippen LogP contribution in [-0.2, 0) is 0 Å². The quantitative estimate of drug-likeness (QED) is 0.689. The number of halogens is 1. The molecule has 1 saturated heterocycles. The minimum absolute atomic E-state index is 0.252. The van der Waals surface area contributed by atoms with E-state index in [4.69, 9.17) is 4.74 Å². The van der Waals surface area contributed by atoms with E-state index in [1.54, 1.807) is 25.6 Å².